The lowest BCUT2D eigenvalue weighted by molar-refractivity contribution is -0.118. The second kappa shape index (κ2) is 5.89. The second-order valence-corrected chi connectivity index (χ2v) is 5.26. The molecule has 1 aliphatic rings. The number of amides is 2. The van der Waals surface area contributed by atoms with Crippen LogP contribution in [0.4, 0.5) is 11.4 Å². The highest BCUT2D eigenvalue weighted by Gasteiger charge is 2.16. The maximum atomic E-state index is 12.1. The molecule has 2 aromatic carbocycles. The van der Waals surface area contributed by atoms with E-state index in [1.807, 2.05) is 31.2 Å². The van der Waals surface area contributed by atoms with Crippen LogP contribution >= 0.6 is 0 Å². The van der Waals surface area contributed by atoms with E-state index in [0.717, 1.165) is 11.1 Å². The summed E-state index contributed by atoms with van der Waals surface area (Å²) in [7, 11) is 0. The normalized spacial score (nSPS) is 12.9. The summed E-state index contributed by atoms with van der Waals surface area (Å²) in [6.45, 7) is 2.03. The van der Waals surface area contributed by atoms with Crippen LogP contribution < -0.4 is 15.4 Å². The third-order valence-corrected chi connectivity index (χ3v) is 3.38. The molecule has 1 heterocycles. The van der Waals surface area contributed by atoms with Gasteiger partial charge in [-0.05, 0) is 30.7 Å². The van der Waals surface area contributed by atoms with Crippen LogP contribution in [0.2, 0.25) is 0 Å². The molecule has 0 saturated heterocycles. The number of rotatable bonds is 3. The first-order valence-corrected chi connectivity index (χ1v) is 7.02. The van der Waals surface area contributed by atoms with E-state index in [-0.39, 0.29) is 18.4 Å². The predicted octanol–water partition coefficient (Wildman–Crippen LogP) is 2.51. The van der Waals surface area contributed by atoms with E-state index in [1.165, 1.54) is 0 Å². The van der Waals surface area contributed by atoms with Gasteiger partial charge in [-0.1, -0.05) is 29.8 Å². The average Bonchev–Trinajstić information content (AvgIpc) is 2.49. The highest BCUT2D eigenvalue weighted by Crippen LogP contribution is 2.30. The van der Waals surface area contributed by atoms with Crippen molar-refractivity contribution in [3.63, 3.8) is 0 Å². The van der Waals surface area contributed by atoms with Crippen LogP contribution in [0.5, 0.6) is 5.75 Å². The van der Waals surface area contributed by atoms with Gasteiger partial charge >= 0.3 is 0 Å². The minimum absolute atomic E-state index is 0.0200. The summed E-state index contributed by atoms with van der Waals surface area (Å²) in [6, 6.07) is 13.0. The van der Waals surface area contributed by atoms with Crippen LogP contribution in [0, 0.1) is 6.92 Å². The fourth-order valence-corrected chi connectivity index (χ4v) is 2.26. The summed E-state index contributed by atoms with van der Waals surface area (Å²) in [6.07, 6.45) is 0.306. The molecule has 0 saturated carbocycles. The van der Waals surface area contributed by atoms with Gasteiger partial charge in [0.2, 0.25) is 5.91 Å². The third kappa shape index (κ3) is 3.25. The minimum Gasteiger partial charge on any atom is -0.482 e. The third-order valence-electron chi connectivity index (χ3n) is 3.38. The summed E-state index contributed by atoms with van der Waals surface area (Å²) in [5.41, 5.74) is 3.32. The Morgan fingerprint density at radius 2 is 2.00 bits per heavy atom. The molecule has 5 heteroatoms. The predicted molar refractivity (Wildman–Crippen MR) is 84.1 cm³/mol. The van der Waals surface area contributed by atoms with Crippen molar-refractivity contribution < 1.29 is 14.3 Å². The lowest BCUT2D eigenvalue weighted by Crippen LogP contribution is -2.25. The fourth-order valence-electron chi connectivity index (χ4n) is 2.26. The number of fused-ring (bicyclic) bond motifs is 1. The molecule has 2 N–H and O–H groups in total. The summed E-state index contributed by atoms with van der Waals surface area (Å²) >= 11 is 0. The Morgan fingerprint density at radius 1 is 1.23 bits per heavy atom. The van der Waals surface area contributed by atoms with Crippen LogP contribution in [0.1, 0.15) is 11.1 Å². The van der Waals surface area contributed by atoms with Gasteiger partial charge < -0.3 is 15.4 Å². The van der Waals surface area contributed by atoms with Crippen LogP contribution in [0.25, 0.3) is 0 Å². The van der Waals surface area contributed by atoms with E-state index in [2.05, 4.69) is 10.6 Å². The average molecular weight is 296 g/mol. The molecule has 2 amide bonds. The molecule has 112 valence electrons. The lowest BCUT2D eigenvalue weighted by Gasteiger charge is -2.18. The van der Waals surface area contributed by atoms with Crippen molar-refractivity contribution in [2.24, 2.45) is 0 Å². The zero-order chi connectivity index (χ0) is 15.5. The van der Waals surface area contributed by atoms with Gasteiger partial charge in [-0.3, -0.25) is 9.59 Å². The summed E-state index contributed by atoms with van der Waals surface area (Å²) in [5.74, 6) is 0.304. The first-order valence-electron chi connectivity index (χ1n) is 7.02. The van der Waals surface area contributed by atoms with Crippen LogP contribution in [-0.2, 0) is 16.0 Å². The van der Waals surface area contributed by atoms with Gasteiger partial charge in [0.25, 0.3) is 5.91 Å². The monoisotopic (exact) mass is 296 g/mol. The molecular formula is C17H16N2O3. The van der Waals surface area contributed by atoms with Crippen LogP contribution in [0.3, 0.4) is 0 Å². The first-order chi connectivity index (χ1) is 10.6. The Bertz CT molecular complexity index is 723. The van der Waals surface area contributed by atoms with Crippen molar-refractivity contribution in [2.45, 2.75) is 13.3 Å². The summed E-state index contributed by atoms with van der Waals surface area (Å²) in [5, 5.41) is 5.54. The van der Waals surface area contributed by atoms with Gasteiger partial charge in [0.05, 0.1) is 12.1 Å². The zero-order valence-corrected chi connectivity index (χ0v) is 12.2. The number of benzene rings is 2. The smallest absolute Gasteiger partial charge is 0.262 e. The molecule has 0 aliphatic carbocycles. The Balaban J connectivity index is 1.67. The molecule has 0 spiro atoms. The molecule has 22 heavy (non-hydrogen) atoms. The standard InChI is InChI=1S/C17H16N2O3/c1-11-2-4-12(5-3-11)8-16(20)18-13-6-7-15-14(9-13)19-17(21)10-22-15/h2-7,9H,8,10H2,1H3,(H,18,20)(H,19,21). The maximum Gasteiger partial charge on any atom is 0.262 e. The molecule has 0 unspecified atom stereocenters. The van der Waals surface area contributed by atoms with Crippen LogP contribution in [0.15, 0.2) is 42.5 Å². The van der Waals surface area contributed by atoms with Crippen molar-refractivity contribution in [3.8, 4) is 5.75 Å². The highest BCUT2D eigenvalue weighted by molar-refractivity contribution is 5.98. The quantitative estimate of drug-likeness (QED) is 0.914. The van der Waals surface area contributed by atoms with E-state index < -0.39 is 0 Å². The van der Waals surface area contributed by atoms with E-state index in [9.17, 15) is 9.59 Å². The zero-order valence-electron chi connectivity index (χ0n) is 12.2. The molecule has 1 aliphatic heterocycles. The Hall–Kier alpha value is -2.82. The molecule has 2 aromatic rings. The van der Waals surface area contributed by atoms with Crippen molar-refractivity contribution in [1.29, 1.82) is 0 Å². The fraction of sp³-hybridized carbons (Fsp3) is 0.176. The number of carbonyl (C=O) groups excluding carboxylic acids is 2. The Morgan fingerprint density at radius 3 is 2.77 bits per heavy atom. The highest BCUT2D eigenvalue weighted by atomic mass is 16.5. The molecule has 0 aromatic heterocycles. The van der Waals surface area contributed by atoms with Gasteiger partial charge in [-0.15, -0.1) is 0 Å². The van der Waals surface area contributed by atoms with E-state index in [0.29, 0.717) is 23.5 Å². The van der Waals surface area contributed by atoms with Crippen molar-refractivity contribution in [3.05, 3.63) is 53.6 Å². The van der Waals surface area contributed by atoms with E-state index >= 15 is 0 Å². The number of ether oxygens (including phenoxy) is 1. The first kappa shape index (κ1) is 14.1. The van der Waals surface area contributed by atoms with Gasteiger partial charge in [0.15, 0.2) is 6.61 Å². The number of carbonyl (C=O) groups is 2. The van der Waals surface area contributed by atoms with E-state index in [4.69, 9.17) is 4.74 Å². The van der Waals surface area contributed by atoms with Crippen LogP contribution in [-0.4, -0.2) is 18.4 Å². The van der Waals surface area contributed by atoms with Crippen molar-refractivity contribution >= 4 is 23.2 Å². The Kier molecular flexibility index (Phi) is 3.78. The molecule has 5 nitrogen and oxygen atoms in total. The summed E-state index contributed by atoms with van der Waals surface area (Å²) < 4.78 is 5.28. The topological polar surface area (TPSA) is 67.4 Å². The van der Waals surface area contributed by atoms with Gasteiger partial charge in [0.1, 0.15) is 5.75 Å². The summed E-state index contributed by atoms with van der Waals surface area (Å²) in [4.78, 5) is 23.4. The second-order valence-electron chi connectivity index (χ2n) is 5.26. The number of hydrogen-bond donors (Lipinski definition) is 2. The number of anilines is 2. The van der Waals surface area contributed by atoms with Gasteiger partial charge in [0, 0.05) is 5.69 Å². The van der Waals surface area contributed by atoms with Crippen molar-refractivity contribution in [1.82, 2.24) is 0 Å². The van der Waals surface area contributed by atoms with Crippen molar-refractivity contribution in [2.75, 3.05) is 17.2 Å². The molecule has 0 radical (unpaired) electrons. The number of hydrogen-bond acceptors (Lipinski definition) is 3. The maximum absolute atomic E-state index is 12.1. The van der Waals surface area contributed by atoms with Gasteiger partial charge in [-0.2, -0.15) is 0 Å². The minimum atomic E-state index is -0.198. The van der Waals surface area contributed by atoms with E-state index in [1.54, 1.807) is 18.2 Å². The Labute approximate surface area is 128 Å². The van der Waals surface area contributed by atoms with Gasteiger partial charge in [-0.25, -0.2) is 0 Å². The molecule has 0 bridgehead atoms. The molecule has 0 fully saturated rings. The lowest BCUT2D eigenvalue weighted by atomic mass is 10.1. The molecule has 0 atom stereocenters. The number of aryl methyl sites for hydroxylation is 1. The molecular weight excluding hydrogens is 280 g/mol. The number of nitrogens with one attached hydrogen (secondary N) is 2. The largest absolute Gasteiger partial charge is 0.482 e. The molecule has 3 rings (SSSR count). The SMILES string of the molecule is Cc1ccc(CC(=O)Nc2ccc3c(c2)NC(=O)CO3)cc1.